The lowest BCUT2D eigenvalue weighted by Gasteiger charge is -2.35. The molecule has 10 nitrogen and oxygen atoms in total. The maximum atomic E-state index is 13.2. The Morgan fingerprint density at radius 1 is 1.17 bits per heavy atom. The molecule has 2 aliphatic rings. The maximum absolute atomic E-state index is 13.2. The third kappa shape index (κ3) is 5.91. The Hall–Kier alpha value is -3.97. The van der Waals surface area contributed by atoms with Crippen molar-refractivity contribution in [2.75, 3.05) is 20.2 Å². The molecule has 6 rings (SSSR count). The van der Waals surface area contributed by atoms with Gasteiger partial charge < -0.3 is 29.6 Å². The highest BCUT2D eigenvalue weighted by molar-refractivity contribution is 5.98. The number of aromatic nitrogens is 4. The van der Waals surface area contributed by atoms with Crippen LogP contribution in [-0.4, -0.2) is 79.5 Å². The van der Waals surface area contributed by atoms with Gasteiger partial charge >= 0.3 is 12.1 Å². The van der Waals surface area contributed by atoms with Crippen molar-refractivity contribution in [2.24, 2.45) is 18.7 Å². The van der Waals surface area contributed by atoms with Crippen LogP contribution >= 0.6 is 0 Å². The van der Waals surface area contributed by atoms with Crippen molar-refractivity contribution in [3.05, 3.63) is 48.2 Å². The first-order chi connectivity index (χ1) is 19.5. The summed E-state index contributed by atoms with van der Waals surface area (Å²) >= 11 is 0. The molecule has 1 aliphatic carbocycles. The number of carbonyl (C=O) groups is 2. The summed E-state index contributed by atoms with van der Waals surface area (Å²) in [5.74, 6) is -1.16. The molecule has 1 amide bonds. The number of nitrogens with two attached hydrogens (primary N) is 1. The molecule has 1 aromatic carbocycles. The average molecular weight is 573 g/mol. The largest absolute Gasteiger partial charge is 0.490 e. The first kappa shape index (κ1) is 28.6. The molecular weight excluding hydrogens is 541 g/mol. The Bertz CT molecular complexity index is 1590. The van der Waals surface area contributed by atoms with Gasteiger partial charge in [-0.2, -0.15) is 13.2 Å². The number of likely N-dealkylation sites (tertiary alicyclic amines) is 1. The second kappa shape index (κ2) is 11.1. The van der Waals surface area contributed by atoms with Crippen LogP contribution in [0.4, 0.5) is 13.2 Å². The molecule has 2 atom stereocenters. The molecule has 0 bridgehead atoms. The van der Waals surface area contributed by atoms with E-state index in [0.717, 1.165) is 46.6 Å². The zero-order valence-electron chi connectivity index (χ0n) is 22.6. The van der Waals surface area contributed by atoms with E-state index in [9.17, 15) is 18.0 Å². The number of rotatable bonds is 5. The van der Waals surface area contributed by atoms with Gasteiger partial charge in [0.1, 0.15) is 5.65 Å². The van der Waals surface area contributed by atoms with Crippen molar-refractivity contribution in [1.29, 1.82) is 0 Å². The lowest BCUT2D eigenvalue weighted by Crippen LogP contribution is -2.53. The van der Waals surface area contributed by atoms with E-state index >= 15 is 0 Å². The number of fused-ring (bicyclic) bond motifs is 2. The van der Waals surface area contributed by atoms with Crippen molar-refractivity contribution in [1.82, 2.24) is 24.0 Å². The molecular formula is C28H31F3N6O4. The summed E-state index contributed by atoms with van der Waals surface area (Å²) < 4.78 is 41.6. The number of imidazole rings is 1. The van der Waals surface area contributed by atoms with E-state index in [-0.39, 0.29) is 18.1 Å². The van der Waals surface area contributed by atoms with Gasteiger partial charge in [-0.15, -0.1) is 0 Å². The van der Waals surface area contributed by atoms with E-state index in [2.05, 4.69) is 26.3 Å². The third-order valence-electron chi connectivity index (χ3n) is 7.57. The first-order valence-electron chi connectivity index (χ1n) is 13.3. The van der Waals surface area contributed by atoms with Gasteiger partial charge in [0.25, 0.3) is 5.91 Å². The molecule has 2 unspecified atom stereocenters. The second-order valence-corrected chi connectivity index (χ2v) is 10.5. The van der Waals surface area contributed by atoms with E-state index in [4.69, 9.17) is 25.4 Å². The van der Waals surface area contributed by atoms with E-state index in [1.165, 1.54) is 12.8 Å². The fraction of sp³-hybridized carbons (Fsp3) is 0.429. The molecule has 218 valence electrons. The summed E-state index contributed by atoms with van der Waals surface area (Å²) in [6, 6.07) is 11.9. The third-order valence-corrected chi connectivity index (χ3v) is 7.57. The van der Waals surface area contributed by atoms with Crippen LogP contribution in [0, 0.1) is 5.92 Å². The van der Waals surface area contributed by atoms with E-state index in [1.54, 1.807) is 7.11 Å². The van der Waals surface area contributed by atoms with Gasteiger partial charge in [-0.05, 0) is 61.6 Å². The van der Waals surface area contributed by atoms with Crippen LogP contribution < -0.4 is 5.73 Å². The van der Waals surface area contributed by atoms with Crippen molar-refractivity contribution >= 4 is 33.9 Å². The summed E-state index contributed by atoms with van der Waals surface area (Å²) in [6.07, 6.45) is 0.0563. The predicted octanol–water partition coefficient (Wildman–Crippen LogP) is 3.82. The lowest BCUT2D eigenvalue weighted by molar-refractivity contribution is -0.192. The minimum Gasteiger partial charge on any atom is -0.475 e. The normalized spacial score (nSPS) is 19.3. The summed E-state index contributed by atoms with van der Waals surface area (Å²) in [6.45, 7) is 2.10. The summed E-state index contributed by atoms with van der Waals surface area (Å²) in [5, 5.41) is 8.25. The Labute approximate surface area is 233 Å². The predicted molar refractivity (Wildman–Crippen MR) is 145 cm³/mol. The number of aliphatic carboxylic acids is 1. The summed E-state index contributed by atoms with van der Waals surface area (Å²) in [4.78, 5) is 33.6. The quantitative estimate of drug-likeness (QED) is 0.372. The highest BCUT2D eigenvalue weighted by Gasteiger charge is 2.38. The molecule has 4 aromatic rings. The standard InChI is InChI=1S/C26H30N6O2.C2HF3O2/c1-30-21-8-7-18(26(33)31-11-9-23(34-2)19(27)15-31)12-20(21)29-25(30)22-13-17-4-3-10-28-24(17)32(22)14-16-5-6-16;3-2(4,5)1(6)7/h3-4,7-8,10,12-13,16,19,23H,5-6,9,11,14-15,27H2,1-2H3;(H,6,7). The van der Waals surface area contributed by atoms with Gasteiger partial charge in [-0.25, -0.2) is 14.8 Å². The number of halogens is 3. The molecule has 4 heterocycles. The monoisotopic (exact) mass is 572 g/mol. The van der Waals surface area contributed by atoms with Gasteiger partial charge in [0.2, 0.25) is 0 Å². The van der Waals surface area contributed by atoms with E-state index in [1.807, 2.05) is 42.4 Å². The molecule has 1 aliphatic heterocycles. The SMILES string of the molecule is COC1CCN(C(=O)c2ccc3c(c2)nc(-c2cc4cccnc4n2CC2CC2)n3C)CC1N.O=C(O)C(F)(F)F. The number of piperidine rings is 1. The number of ether oxygens (including phenoxy) is 1. The van der Waals surface area contributed by atoms with Crippen LogP contribution in [0.5, 0.6) is 0 Å². The average Bonchev–Trinajstić information content (AvgIpc) is 3.61. The summed E-state index contributed by atoms with van der Waals surface area (Å²) in [7, 11) is 3.71. The lowest BCUT2D eigenvalue weighted by atomic mass is 10.0. The minimum absolute atomic E-state index is 0.00163. The zero-order valence-corrected chi connectivity index (χ0v) is 22.6. The number of pyridine rings is 1. The van der Waals surface area contributed by atoms with Gasteiger partial charge in [0, 0.05) is 57.0 Å². The topological polar surface area (TPSA) is 128 Å². The van der Waals surface area contributed by atoms with Crippen LogP contribution in [0.25, 0.3) is 33.6 Å². The minimum atomic E-state index is -5.08. The van der Waals surface area contributed by atoms with E-state index < -0.39 is 12.1 Å². The Balaban J connectivity index is 0.000000431. The van der Waals surface area contributed by atoms with Crippen molar-refractivity contribution in [3.63, 3.8) is 0 Å². The number of amides is 1. The number of methoxy groups -OCH3 is 1. The van der Waals surface area contributed by atoms with Crippen molar-refractivity contribution in [3.8, 4) is 11.5 Å². The number of carboxylic acids is 1. The fourth-order valence-corrected chi connectivity index (χ4v) is 5.20. The first-order valence-corrected chi connectivity index (χ1v) is 13.3. The second-order valence-electron chi connectivity index (χ2n) is 10.5. The molecule has 0 radical (unpaired) electrons. The molecule has 2 fully saturated rings. The van der Waals surface area contributed by atoms with Gasteiger partial charge in [0.15, 0.2) is 5.82 Å². The number of alkyl halides is 3. The van der Waals surface area contributed by atoms with Crippen LogP contribution in [-0.2, 0) is 23.1 Å². The molecule has 41 heavy (non-hydrogen) atoms. The maximum Gasteiger partial charge on any atom is 0.490 e. The molecule has 1 saturated heterocycles. The smallest absolute Gasteiger partial charge is 0.475 e. The summed E-state index contributed by atoms with van der Waals surface area (Å²) in [5.41, 5.74) is 10.7. The van der Waals surface area contributed by atoms with Crippen LogP contribution in [0.1, 0.15) is 29.6 Å². The molecule has 1 saturated carbocycles. The number of aryl methyl sites for hydroxylation is 1. The number of carboxylic acid groups (broad SMARTS) is 1. The number of hydrogen-bond acceptors (Lipinski definition) is 6. The highest BCUT2D eigenvalue weighted by atomic mass is 19.4. The van der Waals surface area contributed by atoms with Gasteiger partial charge in [0.05, 0.1) is 22.8 Å². The van der Waals surface area contributed by atoms with Crippen LogP contribution in [0.15, 0.2) is 42.6 Å². The Kier molecular flexibility index (Phi) is 7.75. The Morgan fingerprint density at radius 3 is 2.54 bits per heavy atom. The number of hydrogen-bond donors (Lipinski definition) is 2. The number of benzene rings is 1. The number of carbonyl (C=O) groups excluding carboxylic acids is 1. The van der Waals surface area contributed by atoms with Gasteiger partial charge in [-0.1, -0.05) is 0 Å². The Morgan fingerprint density at radius 2 is 1.90 bits per heavy atom. The van der Waals surface area contributed by atoms with Crippen molar-refractivity contribution in [2.45, 2.75) is 44.1 Å². The van der Waals surface area contributed by atoms with Crippen molar-refractivity contribution < 1.29 is 32.6 Å². The fourth-order valence-electron chi connectivity index (χ4n) is 5.20. The van der Waals surface area contributed by atoms with Crippen LogP contribution in [0.3, 0.4) is 0 Å². The molecule has 3 aromatic heterocycles. The molecule has 13 heteroatoms. The van der Waals surface area contributed by atoms with Crippen LogP contribution in [0.2, 0.25) is 0 Å². The highest BCUT2D eigenvalue weighted by Crippen LogP contribution is 2.36. The molecule has 0 spiro atoms. The zero-order chi connectivity index (χ0) is 29.5. The number of nitrogens with zero attached hydrogens (tertiary/aromatic N) is 5. The van der Waals surface area contributed by atoms with Gasteiger partial charge in [-0.3, -0.25) is 4.79 Å². The van der Waals surface area contributed by atoms with E-state index in [0.29, 0.717) is 24.6 Å². The molecule has 3 N–H and O–H groups in total.